The highest BCUT2D eigenvalue weighted by atomic mass is 16.6. The van der Waals surface area contributed by atoms with Crippen molar-refractivity contribution in [2.45, 2.75) is 96.5 Å². The predicted octanol–water partition coefficient (Wildman–Crippen LogP) is 5.85. The van der Waals surface area contributed by atoms with Crippen molar-refractivity contribution in [2.24, 2.45) is 0 Å². The Labute approximate surface area is 259 Å². The molecule has 2 aromatic carbocycles. The number of rotatable bonds is 10. The highest BCUT2D eigenvalue weighted by Gasteiger charge is 2.44. The number of amides is 1. The van der Waals surface area contributed by atoms with Crippen LogP contribution in [0.4, 0.5) is 4.79 Å². The molecule has 0 saturated carbocycles. The first-order valence-electron chi connectivity index (χ1n) is 15.7. The summed E-state index contributed by atoms with van der Waals surface area (Å²) >= 11 is 0. The van der Waals surface area contributed by atoms with Crippen LogP contribution in [0.25, 0.3) is 11.3 Å². The van der Waals surface area contributed by atoms with E-state index in [2.05, 4.69) is 41.5 Å². The summed E-state index contributed by atoms with van der Waals surface area (Å²) in [5, 5.41) is 19.1. The molecule has 236 valence electrons. The van der Waals surface area contributed by atoms with E-state index in [1.54, 1.807) is 27.8 Å². The molecular formula is C34H44N4O6. The quantitative estimate of drug-likeness (QED) is 0.287. The van der Waals surface area contributed by atoms with Crippen LogP contribution in [0.3, 0.4) is 0 Å². The van der Waals surface area contributed by atoms with Crippen LogP contribution in [-0.2, 0) is 17.7 Å². The molecule has 2 aliphatic heterocycles. The number of aliphatic hydroxyl groups is 1. The van der Waals surface area contributed by atoms with E-state index < -0.39 is 17.3 Å². The largest absolute Gasteiger partial charge is 0.491 e. The molecule has 3 aromatic rings. The van der Waals surface area contributed by atoms with Crippen LogP contribution in [0.2, 0.25) is 0 Å². The maximum atomic E-state index is 13.0. The number of carbonyl (C=O) groups excluding carboxylic acids is 2. The molecule has 10 heteroatoms. The topological polar surface area (TPSA) is 116 Å². The molecule has 0 radical (unpaired) electrons. The molecule has 1 atom stereocenters. The lowest BCUT2D eigenvalue weighted by molar-refractivity contribution is -0.0227. The maximum absolute atomic E-state index is 13.0. The number of carbonyl (C=O) groups is 2. The highest BCUT2D eigenvalue weighted by Crippen LogP contribution is 2.41. The van der Waals surface area contributed by atoms with Crippen LogP contribution < -0.4 is 9.47 Å². The summed E-state index contributed by atoms with van der Waals surface area (Å²) in [5.41, 5.74) is 2.34. The second-order valence-electron chi connectivity index (χ2n) is 13.0. The number of hydrogen-bond acceptors (Lipinski definition) is 8. The van der Waals surface area contributed by atoms with Gasteiger partial charge in [-0.25, -0.2) is 9.48 Å². The zero-order valence-corrected chi connectivity index (χ0v) is 26.3. The molecule has 0 aliphatic carbocycles. The van der Waals surface area contributed by atoms with Gasteiger partial charge in [0.1, 0.15) is 41.1 Å². The Bertz CT molecular complexity index is 1440. The number of piperidine rings is 1. The summed E-state index contributed by atoms with van der Waals surface area (Å²) in [7, 11) is 0. The van der Waals surface area contributed by atoms with Crippen LogP contribution in [0, 0.1) is 0 Å². The molecular weight excluding hydrogens is 560 g/mol. The van der Waals surface area contributed by atoms with E-state index in [-0.39, 0.29) is 31.4 Å². The van der Waals surface area contributed by atoms with Crippen LogP contribution in [-0.4, -0.2) is 73.9 Å². The van der Waals surface area contributed by atoms with Crippen molar-refractivity contribution in [1.82, 2.24) is 19.9 Å². The number of ether oxygens (including phenoxy) is 3. The molecule has 1 spiro atoms. The summed E-state index contributed by atoms with van der Waals surface area (Å²) in [4.78, 5) is 27.2. The van der Waals surface area contributed by atoms with Crippen LogP contribution in [0.5, 0.6) is 11.5 Å². The lowest BCUT2D eigenvalue weighted by Crippen LogP contribution is -2.52. The smallest absolute Gasteiger partial charge is 0.410 e. The molecule has 1 fully saturated rings. The number of nitrogens with zero attached hydrogens (tertiary/aromatic N) is 4. The minimum absolute atomic E-state index is 0.0108. The molecule has 10 nitrogen and oxygen atoms in total. The number of fused-ring (bicyclic) bond motifs is 1. The fourth-order valence-corrected chi connectivity index (χ4v) is 5.67. The van der Waals surface area contributed by atoms with E-state index >= 15 is 0 Å². The normalized spacial score (nSPS) is 16.8. The van der Waals surface area contributed by atoms with Gasteiger partial charge in [-0.05, 0) is 51.3 Å². The number of aromatic nitrogens is 3. The zero-order chi connectivity index (χ0) is 31.3. The first-order valence-corrected chi connectivity index (χ1v) is 15.7. The molecule has 1 saturated heterocycles. The third kappa shape index (κ3) is 7.96. The average Bonchev–Trinajstić information content (AvgIpc) is 3.44. The van der Waals surface area contributed by atoms with Gasteiger partial charge in [0.15, 0.2) is 5.78 Å². The summed E-state index contributed by atoms with van der Waals surface area (Å²) in [5.74, 6) is 0.977. The Morgan fingerprint density at radius 2 is 1.86 bits per heavy atom. The van der Waals surface area contributed by atoms with Gasteiger partial charge in [-0.15, -0.1) is 5.10 Å². The Hall–Kier alpha value is -3.92. The van der Waals surface area contributed by atoms with Gasteiger partial charge in [0, 0.05) is 37.6 Å². The van der Waals surface area contributed by atoms with Gasteiger partial charge in [0.05, 0.1) is 24.7 Å². The summed E-state index contributed by atoms with van der Waals surface area (Å²) in [6, 6.07) is 13.5. The standard InChI is InChI=1S/C34H44N4O6/c1-5-6-7-8-24-9-11-25(12-10-24)29-22-38(36-35-29)21-26(39)23-42-27-13-14-28-30(40)20-34(43-31(28)19-27)15-17-37(18-16-34)32(41)44-33(2,3)4/h9-14,19,22,26,39H,5-8,15-18,20-21,23H2,1-4H3/t26-/m1/s1. The second-order valence-corrected chi connectivity index (χ2v) is 13.0. The van der Waals surface area contributed by atoms with Crippen LogP contribution in [0.1, 0.15) is 82.1 Å². The Morgan fingerprint density at radius 1 is 1.11 bits per heavy atom. The van der Waals surface area contributed by atoms with E-state index in [0.717, 1.165) is 17.7 Å². The van der Waals surface area contributed by atoms with E-state index in [4.69, 9.17) is 14.2 Å². The van der Waals surface area contributed by atoms with Crippen molar-refractivity contribution in [3.05, 3.63) is 59.8 Å². The number of hydrogen-bond donors (Lipinski definition) is 1. The Morgan fingerprint density at radius 3 is 2.57 bits per heavy atom. The molecule has 5 rings (SSSR count). The maximum Gasteiger partial charge on any atom is 0.410 e. The van der Waals surface area contributed by atoms with E-state index in [9.17, 15) is 14.7 Å². The molecule has 0 bridgehead atoms. The third-order valence-electron chi connectivity index (χ3n) is 8.09. The van der Waals surface area contributed by atoms with Gasteiger partial charge in [-0.2, -0.15) is 0 Å². The number of likely N-dealkylation sites (tertiary alicyclic amines) is 1. The number of aryl methyl sites for hydroxylation is 1. The van der Waals surface area contributed by atoms with E-state index in [0.29, 0.717) is 43.0 Å². The van der Waals surface area contributed by atoms with Crippen molar-refractivity contribution in [1.29, 1.82) is 0 Å². The van der Waals surface area contributed by atoms with Crippen molar-refractivity contribution in [2.75, 3.05) is 19.7 Å². The number of unbranched alkanes of at least 4 members (excludes halogenated alkanes) is 2. The summed E-state index contributed by atoms with van der Waals surface area (Å²) in [6.45, 7) is 8.89. The summed E-state index contributed by atoms with van der Waals surface area (Å²) < 4.78 is 19.4. The number of benzene rings is 2. The monoisotopic (exact) mass is 604 g/mol. The van der Waals surface area contributed by atoms with Crippen LogP contribution >= 0.6 is 0 Å². The number of ketones is 1. The van der Waals surface area contributed by atoms with Crippen molar-refractivity contribution in [3.63, 3.8) is 0 Å². The highest BCUT2D eigenvalue weighted by molar-refractivity contribution is 6.00. The second kappa shape index (κ2) is 13.4. The number of Topliss-reactive ketones (excluding diaryl/α,β-unsaturated/α-hetero) is 1. The van der Waals surface area contributed by atoms with Gasteiger partial charge >= 0.3 is 6.09 Å². The summed E-state index contributed by atoms with van der Waals surface area (Å²) in [6.07, 6.45) is 6.70. The Kier molecular flexibility index (Phi) is 9.58. The van der Waals surface area contributed by atoms with E-state index in [1.807, 2.05) is 27.0 Å². The zero-order valence-electron chi connectivity index (χ0n) is 26.3. The average molecular weight is 605 g/mol. The molecule has 44 heavy (non-hydrogen) atoms. The van der Waals surface area contributed by atoms with Gasteiger partial charge in [0.25, 0.3) is 0 Å². The number of aliphatic hydroxyl groups excluding tert-OH is 1. The van der Waals surface area contributed by atoms with Crippen molar-refractivity contribution >= 4 is 11.9 Å². The molecule has 3 heterocycles. The van der Waals surface area contributed by atoms with Crippen molar-refractivity contribution < 1.29 is 28.9 Å². The molecule has 1 aromatic heterocycles. The lowest BCUT2D eigenvalue weighted by Gasteiger charge is -2.44. The first kappa shape index (κ1) is 31.5. The third-order valence-corrected chi connectivity index (χ3v) is 8.09. The SMILES string of the molecule is CCCCCc1ccc(-c2cn(C[C@@H](O)COc3ccc4c(c3)OC3(CCN(C(=O)OC(C)(C)C)CC3)CC4=O)nn2)cc1. The van der Waals surface area contributed by atoms with Gasteiger partial charge in [-0.1, -0.05) is 49.2 Å². The van der Waals surface area contributed by atoms with Gasteiger partial charge in [-0.3, -0.25) is 4.79 Å². The fourth-order valence-electron chi connectivity index (χ4n) is 5.67. The lowest BCUT2D eigenvalue weighted by atomic mass is 9.82. The van der Waals surface area contributed by atoms with E-state index in [1.165, 1.54) is 24.8 Å². The van der Waals surface area contributed by atoms with Crippen molar-refractivity contribution in [3.8, 4) is 22.8 Å². The molecule has 1 N–H and O–H groups in total. The van der Waals surface area contributed by atoms with Crippen LogP contribution in [0.15, 0.2) is 48.7 Å². The fraction of sp³-hybridized carbons (Fsp3) is 0.529. The first-order chi connectivity index (χ1) is 21.0. The minimum Gasteiger partial charge on any atom is -0.491 e. The van der Waals surface area contributed by atoms with Gasteiger partial charge < -0.3 is 24.2 Å². The minimum atomic E-state index is -0.826. The Balaban J connectivity index is 1.13. The predicted molar refractivity (Wildman–Crippen MR) is 166 cm³/mol. The molecule has 1 amide bonds. The van der Waals surface area contributed by atoms with Gasteiger partial charge in [0.2, 0.25) is 0 Å². The molecule has 0 unspecified atom stereocenters. The molecule has 2 aliphatic rings.